The number of aromatic nitrogens is 1. The lowest BCUT2D eigenvalue weighted by atomic mass is 10.1. The SMILES string of the molecule is CC(C)[C@H](C)NC(=O)CS(=O)(=O)c1ccccn1. The fourth-order valence-corrected chi connectivity index (χ4v) is 2.32. The third-order valence-corrected chi connectivity index (χ3v) is 4.19. The van der Waals surface area contributed by atoms with Crippen LogP contribution in [0.3, 0.4) is 0 Å². The average molecular weight is 270 g/mol. The smallest absolute Gasteiger partial charge is 0.235 e. The summed E-state index contributed by atoms with van der Waals surface area (Å²) in [6.07, 6.45) is 1.39. The Morgan fingerprint density at radius 3 is 2.50 bits per heavy atom. The molecule has 0 saturated carbocycles. The molecule has 0 fully saturated rings. The number of pyridine rings is 1. The molecule has 0 spiro atoms. The molecule has 1 heterocycles. The van der Waals surface area contributed by atoms with Crippen molar-refractivity contribution in [2.75, 3.05) is 5.75 Å². The van der Waals surface area contributed by atoms with E-state index in [2.05, 4.69) is 10.3 Å². The summed E-state index contributed by atoms with van der Waals surface area (Å²) in [6.45, 7) is 5.76. The molecule has 1 atom stereocenters. The number of sulfone groups is 1. The van der Waals surface area contributed by atoms with Gasteiger partial charge < -0.3 is 5.32 Å². The van der Waals surface area contributed by atoms with Gasteiger partial charge in [-0.15, -0.1) is 0 Å². The highest BCUT2D eigenvalue weighted by Crippen LogP contribution is 2.07. The van der Waals surface area contributed by atoms with E-state index in [4.69, 9.17) is 0 Å². The molecule has 5 nitrogen and oxygen atoms in total. The molecule has 1 rings (SSSR count). The van der Waals surface area contributed by atoms with Crippen LogP contribution in [0, 0.1) is 5.92 Å². The number of rotatable bonds is 5. The van der Waals surface area contributed by atoms with Crippen LogP contribution in [0.4, 0.5) is 0 Å². The number of nitrogens with zero attached hydrogens (tertiary/aromatic N) is 1. The fraction of sp³-hybridized carbons (Fsp3) is 0.500. The van der Waals surface area contributed by atoms with Gasteiger partial charge >= 0.3 is 0 Å². The predicted molar refractivity (Wildman–Crippen MR) is 68.7 cm³/mol. The predicted octanol–water partition coefficient (Wildman–Crippen LogP) is 1.02. The summed E-state index contributed by atoms with van der Waals surface area (Å²) in [5.41, 5.74) is 0. The lowest BCUT2D eigenvalue weighted by molar-refractivity contribution is -0.119. The molecule has 6 heteroatoms. The molecule has 0 aliphatic heterocycles. The van der Waals surface area contributed by atoms with E-state index in [1.54, 1.807) is 12.1 Å². The molecule has 1 N–H and O–H groups in total. The van der Waals surface area contributed by atoms with Crippen LogP contribution < -0.4 is 5.32 Å². The maximum atomic E-state index is 11.9. The molecule has 0 bridgehead atoms. The zero-order valence-corrected chi connectivity index (χ0v) is 11.6. The summed E-state index contributed by atoms with van der Waals surface area (Å²) in [7, 11) is -3.65. The Morgan fingerprint density at radius 1 is 1.33 bits per heavy atom. The van der Waals surface area contributed by atoms with E-state index in [-0.39, 0.29) is 17.0 Å². The monoisotopic (exact) mass is 270 g/mol. The Bertz CT molecular complexity index is 497. The highest BCUT2D eigenvalue weighted by atomic mass is 32.2. The summed E-state index contributed by atoms with van der Waals surface area (Å²) in [5.74, 6) is -0.811. The Morgan fingerprint density at radius 2 is 2.00 bits per heavy atom. The molecular weight excluding hydrogens is 252 g/mol. The van der Waals surface area contributed by atoms with E-state index in [9.17, 15) is 13.2 Å². The molecule has 0 saturated heterocycles. The molecular formula is C12H18N2O3S. The molecule has 0 radical (unpaired) electrons. The minimum absolute atomic E-state index is 0.0589. The second-order valence-corrected chi connectivity index (χ2v) is 6.46. The normalized spacial score (nSPS) is 13.3. The number of amides is 1. The highest BCUT2D eigenvalue weighted by Gasteiger charge is 2.21. The summed E-state index contributed by atoms with van der Waals surface area (Å²) >= 11 is 0. The molecule has 0 aliphatic rings. The van der Waals surface area contributed by atoms with Gasteiger partial charge in [0.25, 0.3) is 0 Å². The quantitative estimate of drug-likeness (QED) is 0.866. The largest absolute Gasteiger partial charge is 0.353 e. The molecule has 1 amide bonds. The number of carbonyl (C=O) groups is 1. The van der Waals surface area contributed by atoms with Crippen molar-refractivity contribution in [3.63, 3.8) is 0 Å². The Hall–Kier alpha value is -1.43. The van der Waals surface area contributed by atoms with Crippen molar-refractivity contribution in [2.45, 2.75) is 31.8 Å². The van der Waals surface area contributed by atoms with Crippen molar-refractivity contribution < 1.29 is 13.2 Å². The first-order chi connectivity index (χ1) is 8.33. The molecule has 100 valence electrons. The summed E-state index contributed by atoms with van der Waals surface area (Å²) < 4.78 is 23.7. The summed E-state index contributed by atoms with van der Waals surface area (Å²) in [4.78, 5) is 15.4. The van der Waals surface area contributed by atoms with Crippen LogP contribution in [0.25, 0.3) is 0 Å². The first-order valence-electron chi connectivity index (χ1n) is 5.76. The van der Waals surface area contributed by atoms with Crippen LogP contribution in [-0.2, 0) is 14.6 Å². The lowest BCUT2D eigenvalue weighted by Gasteiger charge is -2.17. The molecule has 1 aromatic rings. The number of hydrogen-bond acceptors (Lipinski definition) is 4. The second-order valence-electron chi connectivity index (χ2n) is 4.53. The molecule has 1 aromatic heterocycles. The van der Waals surface area contributed by atoms with E-state index in [1.807, 2.05) is 20.8 Å². The first kappa shape index (κ1) is 14.6. The average Bonchev–Trinajstić information content (AvgIpc) is 2.29. The van der Waals surface area contributed by atoms with Gasteiger partial charge in [-0.25, -0.2) is 13.4 Å². The maximum Gasteiger partial charge on any atom is 0.235 e. The third kappa shape index (κ3) is 4.10. The zero-order chi connectivity index (χ0) is 13.8. The van der Waals surface area contributed by atoms with E-state index < -0.39 is 21.5 Å². The van der Waals surface area contributed by atoms with Crippen LogP contribution in [0.2, 0.25) is 0 Å². The Labute approximate surface area is 108 Å². The van der Waals surface area contributed by atoms with Gasteiger partial charge in [0, 0.05) is 12.2 Å². The molecule has 18 heavy (non-hydrogen) atoms. The van der Waals surface area contributed by atoms with Crippen LogP contribution in [0.5, 0.6) is 0 Å². The van der Waals surface area contributed by atoms with Gasteiger partial charge in [-0.1, -0.05) is 19.9 Å². The van der Waals surface area contributed by atoms with Gasteiger partial charge in [0.05, 0.1) is 0 Å². The van der Waals surface area contributed by atoms with Crippen LogP contribution in [-0.4, -0.2) is 31.1 Å². The van der Waals surface area contributed by atoms with Crippen molar-refractivity contribution in [2.24, 2.45) is 5.92 Å². The third-order valence-electron chi connectivity index (χ3n) is 2.67. The summed E-state index contributed by atoms with van der Waals surface area (Å²) in [5, 5.41) is 2.59. The molecule has 0 unspecified atom stereocenters. The Kier molecular flexibility index (Phi) is 4.84. The van der Waals surface area contributed by atoms with Crippen molar-refractivity contribution in [1.29, 1.82) is 0 Å². The van der Waals surface area contributed by atoms with Crippen molar-refractivity contribution in [3.8, 4) is 0 Å². The van der Waals surface area contributed by atoms with E-state index in [0.29, 0.717) is 0 Å². The minimum Gasteiger partial charge on any atom is -0.353 e. The highest BCUT2D eigenvalue weighted by molar-refractivity contribution is 7.92. The van der Waals surface area contributed by atoms with Gasteiger partial charge in [-0.2, -0.15) is 0 Å². The molecule has 0 aliphatic carbocycles. The molecule has 0 aromatic carbocycles. The van der Waals surface area contributed by atoms with Crippen LogP contribution in [0.1, 0.15) is 20.8 Å². The van der Waals surface area contributed by atoms with Gasteiger partial charge in [0.15, 0.2) is 5.03 Å². The van der Waals surface area contributed by atoms with Crippen molar-refractivity contribution in [1.82, 2.24) is 10.3 Å². The van der Waals surface area contributed by atoms with Gasteiger partial charge in [0.1, 0.15) is 5.75 Å². The van der Waals surface area contributed by atoms with Gasteiger partial charge in [-0.05, 0) is 25.0 Å². The first-order valence-corrected chi connectivity index (χ1v) is 7.41. The lowest BCUT2D eigenvalue weighted by Crippen LogP contribution is -2.39. The van der Waals surface area contributed by atoms with Crippen LogP contribution >= 0.6 is 0 Å². The van der Waals surface area contributed by atoms with Crippen LogP contribution in [0.15, 0.2) is 29.4 Å². The standard InChI is InChI=1S/C12H18N2O3S/c1-9(2)10(3)14-11(15)8-18(16,17)12-6-4-5-7-13-12/h4-7,9-10H,8H2,1-3H3,(H,14,15)/t10-/m0/s1. The van der Waals surface area contributed by atoms with Gasteiger partial charge in [-0.3, -0.25) is 4.79 Å². The van der Waals surface area contributed by atoms with Crippen molar-refractivity contribution in [3.05, 3.63) is 24.4 Å². The van der Waals surface area contributed by atoms with Crippen molar-refractivity contribution >= 4 is 15.7 Å². The number of hydrogen-bond donors (Lipinski definition) is 1. The number of nitrogens with one attached hydrogen (secondary N) is 1. The number of carbonyl (C=O) groups excluding carboxylic acids is 1. The second kappa shape index (κ2) is 5.95. The summed E-state index contributed by atoms with van der Waals surface area (Å²) in [6, 6.07) is 4.53. The maximum absolute atomic E-state index is 11.9. The van der Waals surface area contributed by atoms with E-state index >= 15 is 0 Å². The van der Waals surface area contributed by atoms with E-state index in [1.165, 1.54) is 12.3 Å². The Balaban J connectivity index is 2.70. The topological polar surface area (TPSA) is 76.1 Å². The zero-order valence-electron chi connectivity index (χ0n) is 10.8. The fourth-order valence-electron chi connectivity index (χ4n) is 1.24. The van der Waals surface area contributed by atoms with Gasteiger partial charge in [0.2, 0.25) is 15.7 Å². The van der Waals surface area contributed by atoms with E-state index in [0.717, 1.165) is 0 Å². The minimum atomic E-state index is -3.65.